The van der Waals surface area contributed by atoms with E-state index in [0.717, 1.165) is 24.1 Å². The molecule has 0 spiro atoms. The minimum Gasteiger partial charge on any atom is -0.493 e. The zero-order valence-electron chi connectivity index (χ0n) is 26.3. The lowest BCUT2D eigenvalue weighted by Gasteiger charge is -2.27. The van der Waals surface area contributed by atoms with Gasteiger partial charge in [0.05, 0.1) is 35.1 Å². The maximum absolute atomic E-state index is 12.6. The molecule has 0 saturated heterocycles. The Bertz CT molecular complexity index is 1720. The first kappa shape index (κ1) is 31.1. The van der Waals surface area contributed by atoms with Crippen molar-refractivity contribution in [3.05, 3.63) is 69.3 Å². The van der Waals surface area contributed by atoms with E-state index in [0.29, 0.717) is 82.0 Å². The number of halogens is 2. The molecule has 0 bridgehead atoms. The maximum Gasteiger partial charge on any atom is 0.410 e. The molecule has 6 rings (SSSR count). The van der Waals surface area contributed by atoms with Gasteiger partial charge in [0.25, 0.3) is 0 Å². The van der Waals surface area contributed by atoms with Gasteiger partial charge in [0.15, 0.2) is 11.6 Å². The van der Waals surface area contributed by atoms with Crippen LogP contribution in [0.5, 0.6) is 5.75 Å². The van der Waals surface area contributed by atoms with Crippen LogP contribution in [0, 0.1) is 19.3 Å². The van der Waals surface area contributed by atoms with Crippen LogP contribution in [-0.2, 0) is 17.8 Å². The maximum atomic E-state index is 12.6. The topological polar surface area (TPSA) is 107 Å². The van der Waals surface area contributed by atoms with Crippen LogP contribution in [0.3, 0.4) is 0 Å². The van der Waals surface area contributed by atoms with Crippen molar-refractivity contribution >= 4 is 35.1 Å². The number of carbonyl (C=O) groups is 1. The number of anilines is 1. The highest BCUT2D eigenvalue weighted by atomic mass is 35.5. The van der Waals surface area contributed by atoms with Gasteiger partial charge in [-0.05, 0) is 77.3 Å². The number of amides is 1. The first-order valence-electron chi connectivity index (χ1n) is 14.9. The van der Waals surface area contributed by atoms with E-state index >= 15 is 0 Å². The van der Waals surface area contributed by atoms with E-state index in [1.807, 2.05) is 52.8 Å². The fourth-order valence-corrected chi connectivity index (χ4v) is 6.04. The second kappa shape index (κ2) is 11.8. The standard InChI is InChI=1S/C33H36Cl2N6O4/c1-19-26(20(2)45-39-19)28-27(35)30(41-15-21-8-7-13-36-25(21)16-41)38-29(37-28)23-14-22(9-10-24(23)34)43-18-33(11-12-33)17-40(6)31(42)44-32(3,4)5/h7-10,13-14H,11-12,15-18H2,1-6H3. The van der Waals surface area contributed by atoms with Crippen LogP contribution in [-0.4, -0.2) is 56.9 Å². The van der Waals surface area contributed by atoms with Crippen LogP contribution in [0.25, 0.3) is 22.6 Å². The molecule has 1 aliphatic heterocycles. The lowest BCUT2D eigenvalue weighted by molar-refractivity contribution is 0.0246. The monoisotopic (exact) mass is 650 g/mol. The van der Waals surface area contributed by atoms with Gasteiger partial charge in [-0.1, -0.05) is 34.4 Å². The largest absolute Gasteiger partial charge is 0.493 e. The molecular formula is C33H36Cl2N6O4. The highest BCUT2D eigenvalue weighted by molar-refractivity contribution is 6.36. The van der Waals surface area contributed by atoms with Crippen LogP contribution in [0.2, 0.25) is 10.0 Å². The minimum atomic E-state index is -0.553. The van der Waals surface area contributed by atoms with Gasteiger partial charge in [-0.3, -0.25) is 4.98 Å². The summed E-state index contributed by atoms with van der Waals surface area (Å²) >= 11 is 13.8. The van der Waals surface area contributed by atoms with E-state index in [9.17, 15) is 4.79 Å². The molecule has 1 aromatic carbocycles. The van der Waals surface area contributed by atoms with E-state index in [2.05, 4.69) is 21.1 Å². The number of aromatic nitrogens is 4. The van der Waals surface area contributed by atoms with Gasteiger partial charge in [0.1, 0.15) is 27.8 Å². The third-order valence-corrected chi connectivity index (χ3v) is 8.73. The van der Waals surface area contributed by atoms with Crippen molar-refractivity contribution in [3.8, 4) is 28.4 Å². The van der Waals surface area contributed by atoms with Gasteiger partial charge in [0.2, 0.25) is 0 Å². The smallest absolute Gasteiger partial charge is 0.410 e. The number of carbonyl (C=O) groups excluding carboxylic acids is 1. The molecule has 12 heteroatoms. The van der Waals surface area contributed by atoms with Gasteiger partial charge in [-0.25, -0.2) is 14.8 Å². The van der Waals surface area contributed by atoms with Crippen molar-refractivity contribution in [2.45, 2.75) is 66.2 Å². The molecule has 1 saturated carbocycles. The molecule has 236 valence electrons. The first-order chi connectivity index (χ1) is 21.3. The zero-order chi connectivity index (χ0) is 32.1. The summed E-state index contributed by atoms with van der Waals surface area (Å²) in [6, 6.07) is 9.44. The van der Waals surface area contributed by atoms with Gasteiger partial charge >= 0.3 is 6.09 Å². The second-order valence-corrected chi connectivity index (χ2v) is 13.7. The molecule has 0 radical (unpaired) electrons. The molecule has 2 aliphatic rings. The van der Waals surface area contributed by atoms with E-state index in [1.54, 1.807) is 24.2 Å². The summed E-state index contributed by atoms with van der Waals surface area (Å²) < 4.78 is 17.3. The Morgan fingerprint density at radius 3 is 2.58 bits per heavy atom. The molecule has 1 fully saturated rings. The summed E-state index contributed by atoms with van der Waals surface area (Å²) in [7, 11) is 1.76. The van der Waals surface area contributed by atoms with Crippen LogP contribution < -0.4 is 9.64 Å². The lowest BCUT2D eigenvalue weighted by Crippen LogP contribution is -2.38. The van der Waals surface area contributed by atoms with Crippen molar-refractivity contribution in [2.75, 3.05) is 25.1 Å². The van der Waals surface area contributed by atoms with Crippen molar-refractivity contribution in [2.24, 2.45) is 5.41 Å². The summed E-state index contributed by atoms with van der Waals surface area (Å²) in [6.45, 7) is 11.4. The number of nitrogens with zero attached hydrogens (tertiary/aromatic N) is 6. The number of ether oxygens (including phenoxy) is 2. The van der Waals surface area contributed by atoms with Gasteiger partial charge in [-0.15, -0.1) is 0 Å². The molecule has 4 aromatic rings. The number of fused-ring (bicyclic) bond motifs is 1. The summed E-state index contributed by atoms with van der Waals surface area (Å²) in [5.41, 5.74) is 3.92. The number of aryl methyl sites for hydroxylation is 2. The third kappa shape index (κ3) is 6.58. The Morgan fingerprint density at radius 2 is 1.91 bits per heavy atom. The van der Waals surface area contributed by atoms with Crippen LogP contribution >= 0.6 is 23.2 Å². The fraction of sp³-hybridized carbons (Fsp3) is 0.424. The van der Waals surface area contributed by atoms with Gasteiger partial charge < -0.3 is 23.8 Å². The molecular weight excluding hydrogens is 615 g/mol. The molecule has 3 aromatic heterocycles. The highest BCUT2D eigenvalue weighted by Gasteiger charge is 2.45. The fourth-order valence-electron chi connectivity index (χ4n) is 5.54. The quantitative estimate of drug-likeness (QED) is 0.190. The average Bonchev–Trinajstić information content (AvgIpc) is 3.47. The Kier molecular flexibility index (Phi) is 8.16. The van der Waals surface area contributed by atoms with E-state index < -0.39 is 5.60 Å². The Morgan fingerprint density at radius 1 is 1.13 bits per heavy atom. The summed E-state index contributed by atoms with van der Waals surface area (Å²) in [4.78, 5) is 30.7. The predicted octanol–water partition coefficient (Wildman–Crippen LogP) is 7.66. The molecule has 4 heterocycles. The normalized spacial score (nSPS) is 15.2. The number of hydrogen-bond donors (Lipinski definition) is 0. The second-order valence-electron chi connectivity index (χ2n) is 13.0. The Balaban J connectivity index is 1.30. The average molecular weight is 652 g/mol. The first-order valence-corrected chi connectivity index (χ1v) is 15.6. The van der Waals surface area contributed by atoms with E-state index in [1.165, 1.54) is 0 Å². The van der Waals surface area contributed by atoms with Crippen molar-refractivity contribution in [1.29, 1.82) is 0 Å². The predicted molar refractivity (Wildman–Crippen MR) is 173 cm³/mol. The number of pyridine rings is 1. The zero-order valence-corrected chi connectivity index (χ0v) is 27.8. The van der Waals surface area contributed by atoms with Crippen LogP contribution in [0.15, 0.2) is 41.1 Å². The van der Waals surface area contributed by atoms with Gasteiger partial charge in [-0.2, -0.15) is 0 Å². The van der Waals surface area contributed by atoms with Crippen molar-refractivity contribution in [3.63, 3.8) is 0 Å². The molecule has 0 N–H and O–H groups in total. The van der Waals surface area contributed by atoms with E-state index in [4.69, 9.17) is 47.2 Å². The number of benzene rings is 1. The molecule has 0 unspecified atom stereocenters. The van der Waals surface area contributed by atoms with Gasteiger partial charge in [0, 0.05) is 37.3 Å². The molecule has 45 heavy (non-hydrogen) atoms. The number of hydrogen-bond acceptors (Lipinski definition) is 9. The molecule has 0 atom stereocenters. The summed E-state index contributed by atoms with van der Waals surface area (Å²) in [5, 5.41) is 5.00. The minimum absolute atomic E-state index is 0.134. The third-order valence-electron chi connectivity index (χ3n) is 8.05. The summed E-state index contributed by atoms with van der Waals surface area (Å²) in [5.74, 6) is 2.19. The van der Waals surface area contributed by atoms with Crippen molar-refractivity contribution in [1.82, 2.24) is 25.0 Å². The lowest BCUT2D eigenvalue weighted by atomic mass is 10.1. The SMILES string of the molecule is Cc1noc(C)c1-c1nc(-c2cc(OCC3(CN(C)C(=O)OC(C)(C)C)CC3)ccc2Cl)nc(N2Cc3cccnc3C2)c1Cl. The molecule has 1 amide bonds. The van der Waals surface area contributed by atoms with Crippen LogP contribution in [0.4, 0.5) is 10.6 Å². The molecule has 1 aliphatic carbocycles. The molecule has 10 nitrogen and oxygen atoms in total. The Labute approximate surface area is 272 Å². The van der Waals surface area contributed by atoms with E-state index in [-0.39, 0.29) is 11.5 Å². The Hall–Kier alpha value is -3.89. The van der Waals surface area contributed by atoms with Crippen LogP contribution in [0.1, 0.15) is 56.3 Å². The van der Waals surface area contributed by atoms with Crippen molar-refractivity contribution < 1.29 is 18.8 Å². The highest BCUT2D eigenvalue weighted by Crippen LogP contribution is 2.47. The number of rotatable bonds is 8. The summed E-state index contributed by atoms with van der Waals surface area (Å²) in [6.07, 6.45) is 3.36.